The Labute approximate surface area is 109 Å². The van der Waals surface area contributed by atoms with Crippen LogP contribution in [-0.2, 0) is 9.53 Å². The number of piperidine rings is 1. The van der Waals surface area contributed by atoms with E-state index >= 15 is 0 Å². The van der Waals surface area contributed by atoms with Crippen LogP contribution < -0.4 is 5.32 Å². The molecule has 1 rings (SSSR count). The minimum atomic E-state index is 0.192. The summed E-state index contributed by atoms with van der Waals surface area (Å²) in [5.41, 5.74) is 0. The van der Waals surface area contributed by atoms with Crippen LogP contribution in [0.2, 0.25) is 0 Å². The number of ether oxygens (including phenoxy) is 1. The van der Waals surface area contributed by atoms with E-state index in [1.165, 1.54) is 0 Å². The molecule has 1 fully saturated rings. The van der Waals surface area contributed by atoms with E-state index in [2.05, 4.69) is 15.9 Å². The molecule has 1 N–H and O–H groups in total. The van der Waals surface area contributed by atoms with Gasteiger partial charge in [-0.1, -0.05) is 11.9 Å². The van der Waals surface area contributed by atoms with Crippen LogP contribution in [0.1, 0.15) is 26.7 Å². The summed E-state index contributed by atoms with van der Waals surface area (Å²) in [5.74, 6) is 0.385. The summed E-state index contributed by atoms with van der Waals surface area (Å²) in [6, 6.07) is 0. The zero-order chi connectivity index (χ0) is 12.7. The topological polar surface area (TPSA) is 41.6 Å². The summed E-state index contributed by atoms with van der Waals surface area (Å²) in [4.78, 5) is 11.8. The van der Waals surface area contributed by atoms with Crippen molar-refractivity contribution in [2.75, 3.05) is 32.5 Å². The molecule has 0 saturated carbocycles. The normalized spacial score (nSPS) is 18.6. The van der Waals surface area contributed by atoms with E-state index in [0.29, 0.717) is 13.2 Å². The molecule has 0 bridgehead atoms. The molecule has 0 unspecified atom stereocenters. The number of nitrogens with zero attached hydrogens (tertiary/aromatic N) is 1. The quantitative estimate of drug-likeness (QED) is 0.581. The Balaban J connectivity index is 2.12. The number of hydrogen-bond acceptors (Lipinski definition) is 4. The maximum Gasteiger partial charge on any atom is 0.223 e. The predicted molar refractivity (Wildman–Crippen MR) is 71.9 cm³/mol. The minimum absolute atomic E-state index is 0.192. The Morgan fingerprint density at radius 2 is 2.12 bits per heavy atom. The number of carbonyl (C=O) groups excluding carboxylic acids is 1. The van der Waals surface area contributed by atoms with Gasteiger partial charge in [0.15, 0.2) is 0 Å². The molecule has 0 radical (unpaired) electrons. The molecule has 1 aliphatic rings. The van der Waals surface area contributed by atoms with Gasteiger partial charge in [-0.25, -0.2) is 0 Å². The van der Waals surface area contributed by atoms with Crippen LogP contribution in [-0.4, -0.2) is 48.8 Å². The molecular weight excluding hydrogens is 236 g/mol. The van der Waals surface area contributed by atoms with Crippen molar-refractivity contribution in [2.45, 2.75) is 32.8 Å². The summed E-state index contributed by atoms with van der Waals surface area (Å²) in [7, 11) is 0. The average molecular weight is 260 g/mol. The van der Waals surface area contributed by atoms with Crippen LogP contribution in [0.3, 0.4) is 0 Å². The lowest BCUT2D eigenvalue weighted by Crippen LogP contribution is -2.39. The molecule has 17 heavy (non-hydrogen) atoms. The predicted octanol–water partition coefficient (Wildman–Crippen LogP) is 1.52. The molecule has 1 saturated heterocycles. The molecular formula is C12H24N2O2S. The van der Waals surface area contributed by atoms with Gasteiger partial charge in [0.05, 0.1) is 12.7 Å². The average Bonchev–Trinajstić information content (AvgIpc) is 2.34. The van der Waals surface area contributed by atoms with Gasteiger partial charge in [-0.3, -0.25) is 9.10 Å². The summed E-state index contributed by atoms with van der Waals surface area (Å²) >= 11 is 1.77. The Bertz CT molecular complexity index is 229. The fraction of sp³-hybridized carbons (Fsp3) is 0.917. The van der Waals surface area contributed by atoms with Crippen molar-refractivity contribution < 1.29 is 9.53 Å². The lowest BCUT2D eigenvalue weighted by molar-refractivity contribution is -0.126. The first-order chi connectivity index (χ1) is 8.13. The van der Waals surface area contributed by atoms with Crippen molar-refractivity contribution in [3.63, 3.8) is 0 Å². The van der Waals surface area contributed by atoms with Gasteiger partial charge in [-0.05, 0) is 32.9 Å². The number of nitrogens with one attached hydrogen (secondary N) is 1. The fourth-order valence-electron chi connectivity index (χ4n) is 1.91. The third-order valence-corrected chi connectivity index (χ3v) is 3.82. The molecule has 100 valence electrons. The maximum absolute atomic E-state index is 11.8. The molecule has 0 atom stereocenters. The number of carbonyl (C=O) groups is 1. The fourth-order valence-corrected chi connectivity index (χ4v) is 2.49. The summed E-state index contributed by atoms with van der Waals surface area (Å²) in [6.45, 7) is 7.26. The Morgan fingerprint density at radius 3 is 2.65 bits per heavy atom. The highest BCUT2D eigenvalue weighted by molar-refractivity contribution is 7.96. The van der Waals surface area contributed by atoms with E-state index in [-0.39, 0.29) is 17.9 Å². The van der Waals surface area contributed by atoms with Crippen molar-refractivity contribution in [3.05, 3.63) is 0 Å². The summed E-state index contributed by atoms with van der Waals surface area (Å²) < 4.78 is 7.70. The standard InChI is InChI=1S/C12H24N2O2S/c1-10(2)16-9-6-13-12(15)11-4-7-14(17-3)8-5-11/h10-11H,4-9H2,1-3H3,(H,13,15). The van der Waals surface area contributed by atoms with E-state index < -0.39 is 0 Å². The van der Waals surface area contributed by atoms with Crippen LogP contribution in [0.15, 0.2) is 0 Å². The largest absolute Gasteiger partial charge is 0.377 e. The third-order valence-electron chi connectivity index (χ3n) is 2.94. The van der Waals surface area contributed by atoms with Crippen molar-refractivity contribution in [3.8, 4) is 0 Å². The Hall–Kier alpha value is -0.260. The number of amides is 1. The Kier molecular flexibility index (Phi) is 6.92. The molecule has 0 aromatic carbocycles. The number of rotatable bonds is 6. The lowest BCUT2D eigenvalue weighted by atomic mass is 9.97. The van der Waals surface area contributed by atoms with E-state index in [1.54, 1.807) is 11.9 Å². The van der Waals surface area contributed by atoms with Crippen LogP contribution in [0.4, 0.5) is 0 Å². The van der Waals surface area contributed by atoms with E-state index in [0.717, 1.165) is 25.9 Å². The first-order valence-corrected chi connectivity index (χ1v) is 7.50. The second kappa shape index (κ2) is 7.95. The van der Waals surface area contributed by atoms with E-state index in [1.807, 2.05) is 13.8 Å². The SMILES string of the molecule is CSN1CCC(C(=O)NCCOC(C)C)CC1. The van der Waals surface area contributed by atoms with Crippen LogP contribution in [0.5, 0.6) is 0 Å². The van der Waals surface area contributed by atoms with Crippen LogP contribution in [0.25, 0.3) is 0 Å². The first kappa shape index (κ1) is 14.8. The third kappa shape index (κ3) is 5.75. The van der Waals surface area contributed by atoms with Gasteiger partial charge in [0.2, 0.25) is 5.91 Å². The van der Waals surface area contributed by atoms with Crippen LogP contribution in [0, 0.1) is 5.92 Å². The van der Waals surface area contributed by atoms with Gasteiger partial charge < -0.3 is 10.1 Å². The molecule has 0 aliphatic carbocycles. The summed E-state index contributed by atoms with van der Waals surface area (Å²) in [5, 5.41) is 2.95. The van der Waals surface area contributed by atoms with Gasteiger partial charge in [0, 0.05) is 25.6 Å². The van der Waals surface area contributed by atoms with Gasteiger partial charge in [0.1, 0.15) is 0 Å². The number of hydrogen-bond donors (Lipinski definition) is 1. The molecule has 4 nitrogen and oxygen atoms in total. The summed E-state index contributed by atoms with van der Waals surface area (Å²) in [6.07, 6.45) is 4.26. The molecule has 5 heteroatoms. The highest BCUT2D eigenvalue weighted by atomic mass is 32.2. The van der Waals surface area contributed by atoms with E-state index in [4.69, 9.17) is 4.74 Å². The molecule has 1 aliphatic heterocycles. The van der Waals surface area contributed by atoms with E-state index in [9.17, 15) is 4.79 Å². The monoisotopic (exact) mass is 260 g/mol. The molecule has 1 amide bonds. The lowest BCUT2D eigenvalue weighted by Gasteiger charge is -2.29. The first-order valence-electron chi connectivity index (χ1n) is 6.32. The molecule has 0 aromatic heterocycles. The van der Waals surface area contributed by atoms with Crippen molar-refractivity contribution in [1.82, 2.24) is 9.62 Å². The van der Waals surface area contributed by atoms with Crippen molar-refractivity contribution in [2.24, 2.45) is 5.92 Å². The van der Waals surface area contributed by atoms with Gasteiger partial charge in [0.25, 0.3) is 0 Å². The minimum Gasteiger partial charge on any atom is -0.377 e. The highest BCUT2D eigenvalue weighted by Crippen LogP contribution is 2.21. The van der Waals surface area contributed by atoms with Crippen molar-refractivity contribution in [1.29, 1.82) is 0 Å². The second-order valence-electron chi connectivity index (χ2n) is 4.60. The Morgan fingerprint density at radius 1 is 1.47 bits per heavy atom. The van der Waals surface area contributed by atoms with Gasteiger partial charge >= 0.3 is 0 Å². The second-order valence-corrected chi connectivity index (χ2v) is 5.48. The zero-order valence-electron chi connectivity index (χ0n) is 11.1. The van der Waals surface area contributed by atoms with Crippen LogP contribution >= 0.6 is 11.9 Å². The maximum atomic E-state index is 11.8. The highest BCUT2D eigenvalue weighted by Gasteiger charge is 2.24. The smallest absolute Gasteiger partial charge is 0.223 e. The molecule has 1 heterocycles. The van der Waals surface area contributed by atoms with Gasteiger partial charge in [-0.2, -0.15) is 0 Å². The molecule has 0 aromatic rings. The zero-order valence-corrected chi connectivity index (χ0v) is 11.9. The molecule has 0 spiro atoms. The van der Waals surface area contributed by atoms with Gasteiger partial charge in [-0.15, -0.1) is 0 Å². The van der Waals surface area contributed by atoms with Crippen molar-refractivity contribution >= 4 is 17.9 Å².